The summed E-state index contributed by atoms with van der Waals surface area (Å²) < 4.78 is 1.83. The Morgan fingerprint density at radius 1 is 1.29 bits per heavy atom. The van der Waals surface area contributed by atoms with Gasteiger partial charge in [-0.2, -0.15) is 0 Å². The highest BCUT2D eigenvalue weighted by Crippen LogP contribution is 2.26. The molecule has 0 radical (unpaired) electrons. The Morgan fingerprint density at radius 2 is 2.10 bits per heavy atom. The fourth-order valence-electron chi connectivity index (χ4n) is 2.01. The highest BCUT2D eigenvalue weighted by atomic mass is 79.9. The van der Waals surface area contributed by atoms with Gasteiger partial charge in [0, 0.05) is 15.7 Å². The first-order chi connectivity index (χ1) is 10.0. The highest BCUT2D eigenvalue weighted by Gasteiger charge is 2.10. The number of nitrogens with zero attached hydrogens (tertiary/aromatic N) is 1. The van der Waals surface area contributed by atoms with Crippen LogP contribution in [0.1, 0.15) is 15.9 Å². The molecule has 4 nitrogen and oxygen atoms in total. The number of fused-ring (bicyclic) bond motifs is 1. The van der Waals surface area contributed by atoms with Gasteiger partial charge < -0.3 is 11.1 Å². The minimum atomic E-state index is -0.148. The number of nitrogen functional groups attached to an aromatic ring is 1. The zero-order valence-corrected chi connectivity index (χ0v) is 13.6. The molecule has 106 valence electrons. The molecule has 0 atom stereocenters. The maximum Gasteiger partial charge on any atom is 0.255 e. The second kappa shape index (κ2) is 5.46. The van der Waals surface area contributed by atoms with E-state index >= 15 is 0 Å². The van der Waals surface area contributed by atoms with Gasteiger partial charge in [-0.05, 0) is 42.8 Å². The number of hydrogen-bond acceptors (Lipinski definition) is 4. The van der Waals surface area contributed by atoms with Crippen LogP contribution in [0, 0.1) is 6.92 Å². The number of benzene rings is 2. The predicted octanol–water partition coefficient (Wildman–Crippen LogP) is 4.20. The molecule has 3 N–H and O–H groups in total. The smallest absolute Gasteiger partial charge is 0.255 e. The van der Waals surface area contributed by atoms with Crippen LogP contribution in [-0.2, 0) is 0 Å². The van der Waals surface area contributed by atoms with Crippen molar-refractivity contribution in [1.82, 2.24) is 4.98 Å². The molecular weight excluding hydrogens is 350 g/mol. The molecule has 1 aromatic heterocycles. The van der Waals surface area contributed by atoms with Crippen LogP contribution in [0.25, 0.3) is 10.2 Å². The van der Waals surface area contributed by atoms with Crippen molar-refractivity contribution < 1.29 is 4.79 Å². The molecule has 6 heteroatoms. The van der Waals surface area contributed by atoms with E-state index in [0.717, 1.165) is 25.9 Å². The molecular formula is C15H12BrN3OS. The number of amides is 1. The van der Waals surface area contributed by atoms with Crippen molar-refractivity contribution in [3.63, 3.8) is 0 Å². The van der Waals surface area contributed by atoms with Crippen molar-refractivity contribution in [2.75, 3.05) is 11.1 Å². The second-order valence-corrected chi connectivity index (χ2v) is 6.63. The van der Waals surface area contributed by atoms with E-state index in [2.05, 4.69) is 26.2 Å². The van der Waals surface area contributed by atoms with Crippen LogP contribution in [0.4, 0.5) is 10.8 Å². The van der Waals surface area contributed by atoms with Crippen LogP contribution in [-0.4, -0.2) is 10.9 Å². The predicted molar refractivity (Wildman–Crippen MR) is 90.9 cm³/mol. The van der Waals surface area contributed by atoms with E-state index < -0.39 is 0 Å². The van der Waals surface area contributed by atoms with E-state index in [4.69, 9.17) is 5.73 Å². The van der Waals surface area contributed by atoms with Crippen LogP contribution in [0.2, 0.25) is 0 Å². The monoisotopic (exact) mass is 361 g/mol. The zero-order chi connectivity index (χ0) is 15.0. The molecule has 3 aromatic rings. The summed E-state index contributed by atoms with van der Waals surface area (Å²) >= 11 is 4.78. The van der Waals surface area contributed by atoms with Gasteiger partial charge in [-0.1, -0.05) is 33.3 Å². The number of nitrogens with two attached hydrogens (primary N) is 1. The lowest BCUT2D eigenvalue weighted by Crippen LogP contribution is -2.12. The van der Waals surface area contributed by atoms with E-state index in [0.29, 0.717) is 10.7 Å². The number of carbonyl (C=O) groups is 1. The molecule has 0 bridgehead atoms. The van der Waals surface area contributed by atoms with E-state index in [-0.39, 0.29) is 5.91 Å². The van der Waals surface area contributed by atoms with Gasteiger partial charge in [-0.15, -0.1) is 0 Å². The maximum absolute atomic E-state index is 12.4. The quantitative estimate of drug-likeness (QED) is 0.718. The van der Waals surface area contributed by atoms with Crippen LogP contribution in [0.5, 0.6) is 0 Å². The van der Waals surface area contributed by atoms with Crippen molar-refractivity contribution >= 4 is 54.2 Å². The number of halogens is 1. The van der Waals surface area contributed by atoms with Gasteiger partial charge in [0.25, 0.3) is 5.91 Å². The first-order valence-electron chi connectivity index (χ1n) is 6.26. The van der Waals surface area contributed by atoms with E-state index in [1.807, 2.05) is 37.3 Å². The average Bonchev–Trinajstić information content (AvgIpc) is 2.81. The first kappa shape index (κ1) is 14.0. The highest BCUT2D eigenvalue weighted by molar-refractivity contribution is 9.10. The molecule has 0 aliphatic heterocycles. The summed E-state index contributed by atoms with van der Waals surface area (Å²) in [7, 11) is 0. The van der Waals surface area contributed by atoms with Gasteiger partial charge in [-0.3, -0.25) is 4.79 Å². The maximum atomic E-state index is 12.4. The number of aryl methyl sites for hydroxylation is 1. The largest absolute Gasteiger partial charge is 0.375 e. The molecule has 0 spiro atoms. The number of hydrogen-bond donors (Lipinski definition) is 2. The normalized spacial score (nSPS) is 10.8. The third-order valence-corrected chi connectivity index (χ3v) is 4.46. The molecule has 1 heterocycles. The summed E-state index contributed by atoms with van der Waals surface area (Å²) in [5.74, 6) is -0.148. The van der Waals surface area contributed by atoms with E-state index in [1.165, 1.54) is 11.3 Å². The number of carbonyl (C=O) groups excluding carboxylic acids is 1. The van der Waals surface area contributed by atoms with Crippen molar-refractivity contribution in [1.29, 1.82) is 0 Å². The van der Waals surface area contributed by atoms with Crippen LogP contribution >= 0.6 is 27.3 Å². The Bertz CT molecular complexity index is 844. The summed E-state index contributed by atoms with van der Waals surface area (Å²) in [4.78, 5) is 16.5. The zero-order valence-electron chi connectivity index (χ0n) is 11.2. The van der Waals surface area contributed by atoms with Gasteiger partial charge >= 0.3 is 0 Å². The Morgan fingerprint density at radius 3 is 2.90 bits per heavy atom. The van der Waals surface area contributed by atoms with Gasteiger partial charge in [0.2, 0.25) is 0 Å². The Kier molecular flexibility index (Phi) is 3.65. The summed E-state index contributed by atoms with van der Waals surface area (Å²) in [5.41, 5.74) is 8.88. The lowest BCUT2D eigenvalue weighted by molar-refractivity contribution is 0.102. The van der Waals surface area contributed by atoms with Crippen molar-refractivity contribution in [2.24, 2.45) is 0 Å². The van der Waals surface area contributed by atoms with Crippen molar-refractivity contribution in [3.8, 4) is 0 Å². The molecule has 0 aliphatic rings. The van der Waals surface area contributed by atoms with Gasteiger partial charge in [0.05, 0.1) is 10.2 Å². The average molecular weight is 362 g/mol. The number of nitrogens with one attached hydrogen (secondary N) is 1. The van der Waals surface area contributed by atoms with Crippen LogP contribution in [0.15, 0.2) is 40.9 Å². The summed E-state index contributed by atoms with van der Waals surface area (Å²) in [6.45, 7) is 1.95. The fourth-order valence-corrected chi connectivity index (χ4v) is 3.14. The lowest BCUT2D eigenvalue weighted by Gasteiger charge is -2.09. The Hall–Kier alpha value is -1.92. The first-order valence-corrected chi connectivity index (χ1v) is 7.87. The molecule has 3 rings (SSSR count). The number of anilines is 2. The molecule has 0 saturated carbocycles. The van der Waals surface area contributed by atoms with Crippen LogP contribution < -0.4 is 11.1 Å². The fraction of sp³-hybridized carbons (Fsp3) is 0.0667. The molecule has 1 amide bonds. The third kappa shape index (κ3) is 2.91. The standard InChI is InChI=1S/C15H12BrN3OS/c1-8-2-4-10(16)7-12(8)18-14(20)9-3-5-11-13(6-9)21-15(17)19-11/h2-7H,1H3,(H2,17,19)(H,18,20). The molecule has 0 fully saturated rings. The van der Waals surface area contributed by atoms with Crippen LogP contribution in [0.3, 0.4) is 0 Å². The Balaban J connectivity index is 1.91. The second-order valence-electron chi connectivity index (χ2n) is 4.65. The number of rotatable bonds is 2. The minimum Gasteiger partial charge on any atom is -0.375 e. The Labute approximate surface area is 134 Å². The molecule has 21 heavy (non-hydrogen) atoms. The topological polar surface area (TPSA) is 68.0 Å². The summed E-state index contributed by atoms with van der Waals surface area (Å²) in [5, 5.41) is 3.43. The number of aromatic nitrogens is 1. The summed E-state index contributed by atoms with van der Waals surface area (Å²) in [6, 6.07) is 11.2. The number of thiazole rings is 1. The van der Waals surface area contributed by atoms with Gasteiger partial charge in [0.1, 0.15) is 0 Å². The van der Waals surface area contributed by atoms with Gasteiger partial charge in [0.15, 0.2) is 5.13 Å². The van der Waals surface area contributed by atoms with Crippen molar-refractivity contribution in [2.45, 2.75) is 6.92 Å². The van der Waals surface area contributed by atoms with E-state index in [1.54, 1.807) is 6.07 Å². The molecule has 0 saturated heterocycles. The lowest BCUT2D eigenvalue weighted by atomic mass is 10.1. The molecule has 0 aliphatic carbocycles. The SMILES string of the molecule is Cc1ccc(Br)cc1NC(=O)c1ccc2nc(N)sc2c1. The van der Waals surface area contributed by atoms with Gasteiger partial charge in [-0.25, -0.2) is 4.98 Å². The summed E-state index contributed by atoms with van der Waals surface area (Å²) in [6.07, 6.45) is 0. The van der Waals surface area contributed by atoms with Crippen molar-refractivity contribution in [3.05, 3.63) is 52.0 Å². The minimum absolute atomic E-state index is 0.148. The van der Waals surface area contributed by atoms with E-state index in [9.17, 15) is 4.79 Å². The molecule has 2 aromatic carbocycles. The third-order valence-electron chi connectivity index (χ3n) is 3.11. The molecule has 0 unspecified atom stereocenters.